The molecule has 0 saturated heterocycles. The number of ether oxygens (including phenoxy) is 1. The van der Waals surface area contributed by atoms with Gasteiger partial charge < -0.3 is 10.1 Å². The maximum absolute atomic E-state index is 12.5. The summed E-state index contributed by atoms with van der Waals surface area (Å²) >= 11 is 0. The van der Waals surface area contributed by atoms with Crippen LogP contribution in [0, 0.1) is 0 Å². The Labute approximate surface area is 104 Å². The van der Waals surface area contributed by atoms with Crippen LogP contribution in [0.1, 0.15) is 24.0 Å². The van der Waals surface area contributed by atoms with Gasteiger partial charge >= 0.3 is 6.18 Å². The second kappa shape index (κ2) is 5.18. The molecule has 0 radical (unpaired) electrons. The van der Waals surface area contributed by atoms with E-state index in [1.165, 1.54) is 6.07 Å². The summed E-state index contributed by atoms with van der Waals surface area (Å²) < 4.78 is 43.2. The summed E-state index contributed by atoms with van der Waals surface area (Å²) in [6.07, 6.45) is -1.77. The van der Waals surface area contributed by atoms with E-state index in [1.54, 1.807) is 0 Å². The average Bonchev–Trinajstić information content (AvgIpc) is 2.69. The molecule has 1 aromatic rings. The number of halogens is 3. The Kier molecular flexibility index (Phi) is 3.80. The first kappa shape index (κ1) is 13.2. The SMILES string of the molecule is CNCCCC1Cc2ccc(C(F)(F)F)cc2O1. The van der Waals surface area contributed by atoms with E-state index in [0.29, 0.717) is 12.2 Å². The van der Waals surface area contributed by atoms with Gasteiger partial charge in [0.15, 0.2) is 0 Å². The zero-order valence-corrected chi connectivity index (χ0v) is 10.2. The molecule has 5 heteroatoms. The van der Waals surface area contributed by atoms with Crippen LogP contribution in [-0.4, -0.2) is 19.7 Å². The molecule has 0 aliphatic carbocycles. The second-order valence-corrected chi connectivity index (χ2v) is 4.51. The molecule has 0 bridgehead atoms. The van der Waals surface area contributed by atoms with Crippen molar-refractivity contribution in [3.63, 3.8) is 0 Å². The molecular formula is C13H16F3NO. The predicted molar refractivity (Wildman–Crippen MR) is 62.7 cm³/mol. The molecule has 0 amide bonds. The lowest BCUT2D eigenvalue weighted by Gasteiger charge is -2.11. The summed E-state index contributed by atoms with van der Waals surface area (Å²) in [7, 11) is 1.87. The van der Waals surface area contributed by atoms with E-state index in [-0.39, 0.29) is 6.10 Å². The molecule has 1 unspecified atom stereocenters. The van der Waals surface area contributed by atoms with Crippen molar-refractivity contribution in [2.75, 3.05) is 13.6 Å². The van der Waals surface area contributed by atoms with Crippen LogP contribution in [0.3, 0.4) is 0 Å². The highest BCUT2D eigenvalue weighted by Gasteiger charge is 2.33. The zero-order chi connectivity index (χ0) is 13.2. The topological polar surface area (TPSA) is 21.3 Å². The van der Waals surface area contributed by atoms with Crippen molar-refractivity contribution >= 4 is 0 Å². The van der Waals surface area contributed by atoms with Gasteiger partial charge in [0.2, 0.25) is 0 Å². The van der Waals surface area contributed by atoms with Crippen LogP contribution < -0.4 is 10.1 Å². The Morgan fingerprint density at radius 3 is 2.83 bits per heavy atom. The molecular weight excluding hydrogens is 243 g/mol. The minimum Gasteiger partial charge on any atom is -0.490 e. The fourth-order valence-corrected chi connectivity index (χ4v) is 2.14. The monoisotopic (exact) mass is 259 g/mol. The molecule has 0 saturated carbocycles. The molecule has 1 heterocycles. The van der Waals surface area contributed by atoms with Gasteiger partial charge in [-0.15, -0.1) is 0 Å². The Bertz CT molecular complexity index is 417. The maximum atomic E-state index is 12.5. The molecule has 2 nitrogen and oxygen atoms in total. The summed E-state index contributed by atoms with van der Waals surface area (Å²) in [4.78, 5) is 0. The lowest BCUT2D eigenvalue weighted by atomic mass is 10.0. The molecule has 0 aromatic heterocycles. The van der Waals surface area contributed by atoms with Gasteiger partial charge in [-0.1, -0.05) is 6.07 Å². The number of hydrogen-bond donors (Lipinski definition) is 1. The van der Waals surface area contributed by atoms with Crippen LogP contribution in [-0.2, 0) is 12.6 Å². The zero-order valence-electron chi connectivity index (χ0n) is 10.2. The fourth-order valence-electron chi connectivity index (χ4n) is 2.14. The summed E-state index contributed by atoms with van der Waals surface area (Å²) in [6.45, 7) is 0.893. The minimum atomic E-state index is -4.30. The quantitative estimate of drug-likeness (QED) is 0.839. The molecule has 1 atom stereocenters. The van der Waals surface area contributed by atoms with E-state index >= 15 is 0 Å². The summed E-state index contributed by atoms with van der Waals surface area (Å²) in [5, 5.41) is 3.04. The van der Waals surface area contributed by atoms with Crippen molar-refractivity contribution in [1.29, 1.82) is 0 Å². The van der Waals surface area contributed by atoms with Crippen LogP contribution in [0.5, 0.6) is 5.75 Å². The third-order valence-corrected chi connectivity index (χ3v) is 3.09. The Hall–Kier alpha value is -1.23. The first-order valence-electron chi connectivity index (χ1n) is 6.02. The van der Waals surface area contributed by atoms with Crippen molar-refractivity contribution in [1.82, 2.24) is 5.32 Å². The Morgan fingerprint density at radius 1 is 1.39 bits per heavy atom. The number of fused-ring (bicyclic) bond motifs is 1. The van der Waals surface area contributed by atoms with E-state index < -0.39 is 11.7 Å². The Morgan fingerprint density at radius 2 is 2.17 bits per heavy atom. The number of nitrogens with one attached hydrogen (secondary N) is 1. The lowest BCUT2D eigenvalue weighted by Crippen LogP contribution is -2.16. The van der Waals surface area contributed by atoms with Gasteiger partial charge in [0.25, 0.3) is 0 Å². The highest BCUT2D eigenvalue weighted by Crippen LogP contribution is 2.37. The Balaban J connectivity index is 2.02. The van der Waals surface area contributed by atoms with Crippen LogP contribution in [0.2, 0.25) is 0 Å². The number of hydrogen-bond acceptors (Lipinski definition) is 2. The summed E-state index contributed by atoms with van der Waals surface area (Å²) in [6, 6.07) is 3.75. The van der Waals surface area contributed by atoms with Gasteiger partial charge in [0.1, 0.15) is 11.9 Å². The molecule has 2 rings (SSSR count). The van der Waals surface area contributed by atoms with Crippen LogP contribution in [0.25, 0.3) is 0 Å². The highest BCUT2D eigenvalue weighted by molar-refractivity contribution is 5.41. The largest absolute Gasteiger partial charge is 0.490 e. The van der Waals surface area contributed by atoms with Gasteiger partial charge in [-0.2, -0.15) is 13.2 Å². The standard InChI is InChI=1S/C13H16F3NO/c1-17-6-2-3-11-7-9-4-5-10(13(14,15)16)8-12(9)18-11/h4-5,8,11,17H,2-3,6-7H2,1H3. The summed E-state index contributed by atoms with van der Waals surface area (Å²) in [5.41, 5.74) is 0.231. The third-order valence-electron chi connectivity index (χ3n) is 3.09. The van der Waals surface area contributed by atoms with Gasteiger partial charge in [-0.05, 0) is 44.1 Å². The van der Waals surface area contributed by atoms with E-state index in [4.69, 9.17) is 4.74 Å². The molecule has 0 fully saturated rings. The lowest BCUT2D eigenvalue weighted by molar-refractivity contribution is -0.137. The van der Waals surface area contributed by atoms with Crippen molar-refractivity contribution < 1.29 is 17.9 Å². The smallest absolute Gasteiger partial charge is 0.416 e. The first-order chi connectivity index (χ1) is 8.50. The van der Waals surface area contributed by atoms with Crippen molar-refractivity contribution in [3.8, 4) is 5.75 Å². The molecule has 1 aliphatic heterocycles. The van der Waals surface area contributed by atoms with Gasteiger partial charge in [0, 0.05) is 6.42 Å². The van der Waals surface area contributed by atoms with Crippen LogP contribution in [0.4, 0.5) is 13.2 Å². The molecule has 1 N–H and O–H groups in total. The second-order valence-electron chi connectivity index (χ2n) is 4.51. The molecule has 1 aromatic carbocycles. The van der Waals surface area contributed by atoms with Crippen LogP contribution >= 0.6 is 0 Å². The average molecular weight is 259 g/mol. The fraction of sp³-hybridized carbons (Fsp3) is 0.538. The molecule has 100 valence electrons. The first-order valence-corrected chi connectivity index (χ1v) is 6.02. The van der Waals surface area contributed by atoms with E-state index in [0.717, 1.165) is 37.1 Å². The van der Waals surface area contributed by atoms with Gasteiger partial charge in [-0.3, -0.25) is 0 Å². The number of rotatable bonds is 4. The van der Waals surface area contributed by atoms with Gasteiger partial charge in [-0.25, -0.2) is 0 Å². The maximum Gasteiger partial charge on any atom is 0.416 e. The summed E-state index contributed by atoms with van der Waals surface area (Å²) in [5.74, 6) is 0.388. The van der Waals surface area contributed by atoms with Crippen molar-refractivity contribution in [2.24, 2.45) is 0 Å². The van der Waals surface area contributed by atoms with E-state index in [9.17, 15) is 13.2 Å². The predicted octanol–water partition coefficient (Wildman–Crippen LogP) is 3.01. The van der Waals surface area contributed by atoms with Gasteiger partial charge in [0.05, 0.1) is 5.56 Å². The molecule has 1 aliphatic rings. The van der Waals surface area contributed by atoms with Crippen LogP contribution in [0.15, 0.2) is 18.2 Å². The number of benzene rings is 1. The van der Waals surface area contributed by atoms with Crippen molar-refractivity contribution in [3.05, 3.63) is 29.3 Å². The van der Waals surface area contributed by atoms with E-state index in [1.807, 2.05) is 7.05 Å². The minimum absolute atomic E-state index is 0.0110. The molecule has 0 spiro atoms. The normalized spacial score (nSPS) is 18.6. The molecule has 18 heavy (non-hydrogen) atoms. The third kappa shape index (κ3) is 2.96. The highest BCUT2D eigenvalue weighted by atomic mass is 19.4. The van der Waals surface area contributed by atoms with E-state index in [2.05, 4.69) is 5.32 Å². The number of alkyl halides is 3. The van der Waals surface area contributed by atoms with Crippen molar-refractivity contribution in [2.45, 2.75) is 31.5 Å².